The predicted molar refractivity (Wildman–Crippen MR) is 240 cm³/mol. The lowest BCUT2D eigenvalue weighted by Gasteiger charge is -2.38. The number of Topliss-reactive ketones (excluding diaryl/α,β-unsaturated/α-hetero) is 1. The zero-order chi connectivity index (χ0) is 46.8. The minimum Gasteiger partial charge on any atom is -0.507 e. The number of anilines is 1. The van der Waals surface area contributed by atoms with Gasteiger partial charge in [0.25, 0.3) is 11.7 Å². The number of allylic oxidation sites excluding steroid dienone is 2. The molecule has 0 saturated heterocycles. The molecule has 15 heteroatoms. The summed E-state index contributed by atoms with van der Waals surface area (Å²) in [5.74, 6) is -8.54. The van der Waals surface area contributed by atoms with E-state index in [1.165, 1.54) is 78.9 Å². The number of hydrogen-bond acceptors (Lipinski definition) is 14. The van der Waals surface area contributed by atoms with Crippen LogP contribution in [-0.4, -0.2) is 93.3 Å². The van der Waals surface area contributed by atoms with E-state index in [-0.39, 0.29) is 51.1 Å². The van der Waals surface area contributed by atoms with Gasteiger partial charge in [0.2, 0.25) is 0 Å². The van der Waals surface area contributed by atoms with Crippen molar-refractivity contribution in [3.05, 3.63) is 52.8 Å². The molecule has 0 aromatic heterocycles. The van der Waals surface area contributed by atoms with E-state index < -0.39 is 88.8 Å². The van der Waals surface area contributed by atoms with E-state index in [1.807, 2.05) is 0 Å². The second-order valence-electron chi connectivity index (χ2n) is 17.2. The monoisotopic (exact) mass is 880 g/mol. The third-order valence-electron chi connectivity index (χ3n) is 12.4. The number of phenolic OH excluding ortho intramolecular Hbond substituents is 3. The van der Waals surface area contributed by atoms with Crippen molar-refractivity contribution in [3.8, 4) is 23.0 Å². The first kappa shape index (κ1) is 50.5. The van der Waals surface area contributed by atoms with Gasteiger partial charge in [0.1, 0.15) is 30.0 Å². The van der Waals surface area contributed by atoms with Gasteiger partial charge in [-0.05, 0) is 32.8 Å². The molecule has 0 saturated carbocycles. The van der Waals surface area contributed by atoms with Crippen LogP contribution in [0.4, 0.5) is 5.69 Å². The van der Waals surface area contributed by atoms with Gasteiger partial charge in [0, 0.05) is 61.2 Å². The molecule has 348 valence electrons. The van der Waals surface area contributed by atoms with E-state index in [9.17, 15) is 39.9 Å². The smallest absolute Gasteiger partial charge is 0.312 e. The van der Waals surface area contributed by atoms with Crippen molar-refractivity contribution < 1.29 is 63.7 Å². The van der Waals surface area contributed by atoms with Gasteiger partial charge in [-0.15, -0.1) is 0 Å². The molecule has 9 atom stereocenters. The zero-order valence-corrected chi connectivity index (χ0v) is 38.4. The normalized spacial score (nSPS) is 28.9. The number of aliphatic hydroxyl groups excluding tert-OH is 2. The molecule has 3 aliphatic heterocycles. The Labute approximate surface area is 370 Å². The third kappa shape index (κ3) is 11.5. The highest BCUT2D eigenvalue weighted by molar-refractivity contribution is 6.23. The van der Waals surface area contributed by atoms with E-state index in [0.717, 1.165) is 31.9 Å². The SMILES string of the molecule is CCCCCCCCCCO/N=C\c1c2c(O)c3c(O)c(C)c4c(c3c1O)C(=O)C(C)(O/C=C\C(OC)C(C)C(OC(C)=O)C(C)C(O)C(C)C(O)C(C)/C=C\C=C(\C)C(=O)N2)O4. The maximum Gasteiger partial charge on any atom is 0.312 e. The summed E-state index contributed by atoms with van der Waals surface area (Å²) in [6.07, 6.45) is 13.3. The maximum atomic E-state index is 14.4. The molecule has 3 aliphatic rings. The van der Waals surface area contributed by atoms with Crippen molar-refractivity contribution in [1.82, 2.24) is 0 Å². The number of hydrogen-bond donors (Lipinski definition) is 6. The van der Waals surface area contributed by atoms with Gasteiger partial charge in [-0.3, -0.25) is 14.4 Å². The van der Waals surface area contributed by atoms with Gasteiger partial charge >= 0.3 is 11.8 Å². The molecule has 6 N–H and O–H groups in total. The number of aliphatic hydroxyl groups is 2. The highest BCUT2D eigenvalue weighted by Crippen LogP contribution is 2.55. The maximum absolute atomic E-state index is 14.4. The number of fused-ring (bicyclic) bond motifs is 14. The first-order valence-electron chi connectivity index (χ1n) is 22.1. The lowest BCUT2D eigenvalue weighted by atomic mass is 9.78. The number of ether oxygens (including phenoxy) is 4. The third-order valence-corrected chi connectivity index (χ3v) is 12.4. The van der Waals surface area contributed by atoms with Crippen molar-refractivity contribution >= 4 is 40.3 Å². The van der Waals surface area contributed by atoms with Crippen molar-refractivity contribution in [2.45, 2.75) is 144 Å². The summed E-state index contributed by atoms with van der Waals surface area (Å²) in [5, 5.41) is 64.5. The summed E-state index contributed by atoms with van der Waals surface area (Å²) in [4.78, 5) is 46.1. The second-order valence-corrected chi connectivity index (χ2v) is 17.2. The van der Waals surface area contributed by atoms with Gasteiger partial charge < -0.3 is 54.6 Å². The minimum atomic E-state index is -2.06. The zero-order valence-electron chi connectivity index (χ0n) is 38.4. The van der Waals surface area contributed by atoms with Crippen LogP contribution in [0.5, 0.6) is 23.0 Å². The lowest BCUT2D eigenvalue weighted by Crippen LogP contribution is -2.46. The molecular weight excluding hydrogens is 813 g/mol. The highest BCUT2D eigenvalue weighted by atomic mass is 16.7. The molecule has 9 unspecified atom stereocenters. The Kier molecular flexibility index (Phi) is 18.0. The average Bonchev–Trinajstić information content (AvgIpc) is 3.51. The number of phenols is 3. The molecular formula is C48H68N2O13. The summed E-state index contributed by atoms with van der Waals surface area (Å²) in [7, 11) is 1.43. The summed E-state index contributed by atoms with van der Waals surface area (Å²) in [6.45, 7) is 14.9. The number of unbranched alkanes of at least 4 members (excludes halogenated alkanes) is 7. The Bertz CT molecular complexity index is 2080. The van der Waals surface area contributed by atoms with Crippen LogP contribution in [0, 0.1) is 30.6 Å². The van der Waals surface area contributed by atoms with Crippen LogP contribution in [-0.2, 0) is 28.6 Å². The molecule has 15 nitrogen and oxygen atoms in total. The Morgan fingerprint density at radius 3 is 2.17 bits per heavy atom. The summed E-state index contributed by atoms with van der Waals surface area (Å²) < 4.78 is 23.6. The van der Waals surface area contributed by atoms with Crippen LogP contribution in [0.3, 0.4) is 0 Å². The molecule has 0 radical (unpaired) electrons. The van der Waals surface area contributed by atoms with Crippen LogP contribution in [0.25, 0.3) is 10.8 Å². The number of aromatic hydroxyl groups is 3. The summed E-state index contributed by atoms with van der Waals surface area (Å²) >= 11 is 0. The largest absolute Gasteiger partial charge is 0.507 e. The van der Waals surface area contributed by atoms with Crippen molar-refractivity contribution in [2.75, 3.05) is 19.0 Å². The molecule has 5 rings (SSSR count). The fraction of sp³-hybridized carbons (Fsp3) is 0.583. The van der Waals surface area contributed by atoms with Crippen LogP contribution >= 0.6 is 0 Å². The number of rotatable bonds is 13. The van der Waals surface area contributed by atoms with E-state index in [1.54, 1.807) is 39.8 Å². The van der Waals surface area contributed by atoms with Crippen LogP contribution in [0.15, 0.2) is 41.3 Å². The van der Waals surface area contributed by atoms with E-state index >= 15 is 0 Å². The number of carbonyl (C=O) groups excluding carboxylic acids is 3. The van der Waals surface area contributed by atoms with Crippen LogP contribution < -0.4 is 10.1 Å². The standard InChI is InChI=1S/C48H68N2O13/c1-11-12-13-14-15-16-17-18-23-61-49-25-33-38-43(56)36-35(42(33)55)37-45(31(7)41(36)54)63-48(9,46(37)57)60-24-22-34(59-10)28(4)44(62-32(8)51)30(6)40(53)29(5)39(52)26(2)20-19-21-27(3)47(58)50-38/h19-22,24-26,28-30,34,39-40,44,52-56H,11-18,23H2,1-10H3,(H,50,58)/b20-19-,24-22-,27-21-,49-25-. The minimum absolute atomic E-state index is 0.0432. The second kappa shape index (κ2) is 22.5. The molecule has 5 bridgehead atoms. The van der Waals surface area contributed by atoms with Crippen LogP contribution in [0.1, 0.15) is 128 Å². The van der Waals surface area contributed by atoms with Crippen molar-refractivity contribution in [3.63, 3.8) is 0 Å². The number of benzene rings is 2. The van der Waals surface area contributed by atoms with Gasteiger partial charge in [0.05, 0.1) is 53.0 Å². The predicted octanol–water partition coefficient (Wildman–Crippen LogP) is 8.25. The van der Waals surface area contributed by atoms with Gasteiger partial charge in [-0.1, -0.05) is 96.5 Å². The molecule has 2 aromatic rings. The van der Waals surface area contributed by atoms with Crippen LogP contribution in [0.2, 0.25) is 0 Å². The Morgan fingerprint density at radius 1 is 0.889 bits per heavy atom. The molecule has 3 heterocycles. The van der Waals surface area contributed by atoms with E-state index in [4.69, 9.17) is 23.8 Å². The number of nitrogens with one attached hydrogen (secondary N) is 1. The molecule has 0 fully saturated rings. The quantitative estimate of drug-likeness (QED) is 0.0279. The molecule has 2 aromatic carbocycles. The number of carbonyl (C=O) groups is 3. The number of oxime groups is 1. The van der Waals surface area contributed by atoms with Gasteiger partial charge in [0.15, 0.2) is 5.75 Å². The number of amides is 1. The van der Waals surface area contributed by atoms with E-state index in [2.05, 4.69) is 17.4 Å². The lowest BCUT2D eigenvalue weighted by molar-refractivity contribution is -0.160. The van der Waals surface area contributed by atoms with Crippen molar-refractivity contribution in [2.24, 2.45) is 28.8 Å². The Balaban J connectivity index is 1.85. The number of nitrogens with zero attached hydrogens (tertiary/aromatic N) is 1. The first-order valence-corrected chi connectivity index (χ1v) is 22.1. The topological polar surface area (TPSA) is 223 Å². The number of methoxy groups -OCH3 is 1. The highest BCUT2D eigenvalue weighted by Gasteiger charge is 2.50. The molecule has 0 spiro atoms. The van der Waals surface area contributed by atoms with Crippen molar-refractivity contribution in [1.29, 1.82) is 0 Å². The molecule has 1 amide bonds. The van der Waals surface area contributed by atoms with Gasteiger partial charge in [-0.2, -0.15) is 0 Å². The fourth-order valence-corrected chi connectivity index (χ4v) is 8.32. The molecule has 0 aliphatic carbocycles. The number of ketones is 1. The summed E-state index contributed by atoms with van der Waals surface area (Å²) in [5.41, 5.74) is -0.533. The van der Waals surface area contributed by atoms with Gasteiger partial charge in [-0.25, -0.2) is 0 Å². The first-order chi connectivity index (χ1) is 29.8. The number of esters is 1. The summed E-state index contributed by atoms with van der Waals surface area (Å²) in [6, 6.07) is 0. The Hall–Kier alpha value is -5.12. The van der Waals surface area contributed by atoms with E-state index in [0.29, 0.717) is 0 Å². The fourth-order valence-electron chi connectivity index (χ4n) is 8.32. The average molecular weight is 881 g/mol. The Morgan fingerprint density at radius 2 is 1.54 bits per heavy atom. The molecule has 63 heavy (non-hydrogen) atoms.